The maximum absolute atomic E-state index is 13.4. The number of hydrogen-bond donors (Lipinski definition) is 13. The first kappa shape index (κ1) is 68.3. The molecular formula is C58H70N24O13. The Kier molecular flexibility index (Phi) is 21.6. The van der Waals surface area contributed by atoms with Gasteiger partial charge in [-0.2, -0.15) is 0 Å². The molecule has 13 N–H and O–H groups in total. The topological polar surface area (TPSA) is 460 Å². The first-order valence-corrected chi connectivity index (χ1v) is 29.2. The van der Waals surface area contributed by atoms with Gasteiger partial charge in [-0.25, -0.2) is 24.7 Å². The number of anilines is 7. The largest absolute Gasteiger partial charge is 0.465 e. The summed E-state index contributed by atoms with van der Waals surface area (Å²) in [4.78, 5) is 172. The van der Waals surface area contributed by atoms with Crippen molar-refractivity contribution in [3.63, 3.8) is 0 Å². The highest BCUT2D eigenvalue weighted by Gasteiger charge is 2.26. The van der Waals surface area contributed by atoms with Gasteiger partial charge >= 0.3 is 6.09 Å². The first-order valence-electron chi connectivity index (χ1n) is 29.2. The fourth-order valence-corrected chi connectivity index (χ4v) is 9.53. The minimum Gasteiger partial charge on any atom is -0.465 e. The molecule has 8 aromatic rings. The second-order valence-electron chi connectivity index (χ2n) is 21.7. The van der Waals surface area contributed by atoms with Gasteiger partial charge in [-0.3, -0.25) is 52.7 Å². The van der Waals surface area contributed by atoms with E-state index in [0.717, 1.165) is 6.42 Å². The van der Waals surface area contributed by atoms with E-state index in [-0.39, 0.29) is 114 Å². The molecule has 37 nitrogen and oxygen atoms in total. The lowest BCUT2D eigenvalue weighted by Crippen LogP contribution is -2.45. The second-order valence-corrected chi connectivity index (χ2v) is 21.7. The Morgan fingerprint density at radius 3 is 1.07 bits per heavy atom. The molecule has 8 aromatic heterocycles. The van der Waals surface area contributed by atoms with Crippen LogP contribution in [0, 0.1) is 0 Å². The van der Waals surface area contributed by atoms with Crippen molar-refractivity contribution < 1.29 is 62.6 Å². The van der Waals surface area contributed by atoms with Crippen molar-refractivity contribution in [2.75, 3.05) is 63.4 Å². The number of nitrogens with zero attached hydrogens (tertiary/aromatic N) is 12. The van der Waals surface area contributed by atoms with Gasteiger partial charge in [0.25, 0.3) is 47.3 Å². The van der Waals surface area contributed by atoms with E-state index in [1.54, 1.807) is 63.0 Å². The third kappa shape index (κ3) is 17.5. The van der Waals surface area contributed by atoms with Gasteiger partial charge in [0.15, 0.2) is 23.3 Å². The van der Waals surface area contributed by atoms with Gasteiger partial charge in [0.05, 0.1) is 22.7 Å². The number of aromatic nitrogens is 12. The van der Waals surface area contributed by atoms with Crippen LogP contribution in [0.1, 0.15) is 117 Å². The Labute approximate surface area is 539 Å². The lowest BCUT2D eigenvalue weighted by Gasteiger charge is -2.16. The lowest BCUT2D eigenvalue weighted by atomic mass is 10.2. The second kappa shape index (κ2) is 30.0. The lowest BCUT2D eigenvalue weighted by molar-refractivity contribution is -0.118. The fourth-order valence-electron chi connectivity index (χ4n) is 9.53. The monoisotopic (exact) mass is 1310 g/mol. The molecule has 0 fully saturated rings. The average molecular weight is 1310 g/mol. The number of carbonyl (C=O) groups is 12. The van der Waals surface area contributed by atoms with Crippen molar-refractivity contribution in [3.05, 3.63) is 126 Å². The molecule has 8 heterocycles. The van der Waals surface area contributed by atoms with Gasteiger partial charge in [-0.05, 0) is 37.1 Å². The minimum atomic E-state index is -1.55. The number of imidazole rings is 4. The molecule has 0 aliphatic carbocycles. The molecule has 0 unspecified atom stereocenters. The molecule has 0 aromatic carbocycles. The van der Waals surface area contributed by atoms with Crippen molar-refractivity contribution >= 4 is 111 Å². The molecule has 0 aliphatic rings. The molecule has 0 saturated carbocycles. The van der Waals surface area contributed by atoms with Gasteiger partial charge in [0, 0.05) is 151 Å². The number of carbonyl (C=O) groups excluding carboxylic acids is 11. The van der Waals surface area contributed by atoms with Crippen molar-refractivity contribution in [2.24, 2.45) is 56.4 Å². The summed E-state index contributed by atoms with van der Waals surface area (Å²) in [5.74, 6) is -6.57. The Hall–Kier alpha value is -12.6. The zero-order valence-electron chi connectivity index (χ0n) is 53.0. The number of nitrogens with one attached hydrogen (secondary N) is 12. The fraction of sp³-hybridized carbons (Fsp3) is 0.310. The van der Waals surface area contributed by atoms with Crippen LogP contribution in [0.15, 0.2) is 80.0 Å². The van der Waals surface area contributed by atoms with E-state index >= 15 is 0 Å². The normalized spacial score (nSPS) is 11.2. The highest BCUT2D eigenvalue weighted by molar-refractivity contribution is 6.07. The van der Waals surface area contributed by atoms with E-state index in [1.807, 2.05) is 6.92 Å². The van der Waals surface area contributed by atoms with Crippen molar-refractivity contribution in [2.45, 2.75) is 38.6 Å². The van der Waals surface area contributed by atoms with Gasteiger partial charge < -0.3 is 105 Å². The maximum Gasteiger partial charge on any atom is 0.405 e. The summed E-state index contributed by atoms with van der Waals surface area (Å²) in [6.45, 7) is 2.04. The summed E-state index contributed by atoms with van der Waals surface area (Å²) in [5.41, 5.74) is 1.86. The summed E-state index contributed by atoms with van der Waals surface area (Å²) in [7, 11) is 12.6. The van der Waals surface area contributed by atoms with E-state index < -0.39 is 71.2 Å². The van der Waals surface area contributed by atoms with Crippen LogP contribution in [0.25, 0.3) is 0 Å². The van der Waals surface area contributed by atoms with Gasteiger partial charge in [-0.15, -0.1) is 0 Å². The molecule has 0 spiro atoms. The smallest absolute Gasteiger partial charge is 0.405 e. The Balaban J connectivity index is 0.750. The number of rotatable bonds is 28. The van der Waals surface area contributed by atoms with Gasteiger partial charge in [0.2, 0.25) is 35.2 Å². The Bertz CT molecular complexity index is 4300. The third-order valence-corrected chi connectivity index (χ3v) is 14.2. The molecule has 0 saturated heterocycles. The quantitative estimate of drug-likeness (QED) is 0.0326. The van der Waals surface area contributed by atoms with Crippen LogP contribution in [0.3, 0.4) is 0 Å². The van der Waals surface area contributed by atoms with Gasteiger partial charge in [-0.1, -0.05) is 6.92 Å². The molecule has 1 atom stereocenters. The molecule has 12 amide bonds. The summed E-state index contributed by atoms with van der Waals surface area (Å²) in [6.07, 6.45) is 11.9. The standard InChI is InChI=1S/C58H70N24O13/c1-10-14-60-50(86)36-21-32(25-76(36)3)65-55(91)46-71-40(28-80(46)7)69-44(84)13-17-63-53(89)39-23-34(27-79(39)6)67-57(93)48-73-42(30-82(48)9)74-49(85)35(68-58(94)95)11-15-61-51(87)37-22-33(26-78(37)5)66-56(92)47-72-41(29-81(47)8)70-43(83)12-16-62-52(88)38-20-31(24-77(38)4)64-54(90)45-59-18-19-75(45)2/h18-30,35,68H,10-17H2,1-9H3,(H,60,86)(H,61,87)(H,62,88)(H,63,89)(H,64,90)(H,65,91)(H,66,92)(H,67,93)(H,69,84)(H,70,83)(H,74,85)(H,94,95)/t35-/m1/s1. The third-order valence-electron chi connectivity index (χ3n) is 14.2. The molecule has 8 rings (SSSR count). The number of carboxylic acid groups (broad SMARTS) is 1. The van der Waals surface area contributed by atoms with Crippen molar-refractivity contribution in [3.8, 4) is 0 Å². The molecule has 500 valence electrons. The Morgan fingerprint density at radius 1 is 0.400 bits per heavy atom. The Morgan fingerprint density at radius 2 is 0.737 bits per heavy atom. The summed E-state index contributed by atoms with van der Waals surface area (Å²) in [6, 6.07) is 4.33. The number of hydrogen-bond acceptors (Lipinski definition) is 16. The van der Waals surface area contributed by atoms with E-state index in [4.69, 9.17) is 0 Å². The van der Waals surface area contributed by atoms with Crippen LogP contribution in [0.4, 0.5) is 45.0 Å². The van der Waals surface area contributed by atoms with Crippen LogP contribution < -0.4 is 63.8 Å². The summed E-state index contributed by atoms with van der Waals surface area (Å²) >= 11 is 0. The zero-order valence-corrected chi connectivity index (χ0v) is 53.0. The first-order chi connectivity index (χ1) is 45.1. The summed E-state index contributed by atoms with van der Waals surface area (Å²) in [5, 5.41) is 40.7. The molecule has 37 heteroatoms. The average Bonchev–Trinajstić information content (AvgIpc) is 1.71. The van der Waals surface area contributed by atoms with Crippen LogP contribution in [-0.4, -0.2) is 165 Å². The van der Waals surface area contributed by atoms with Crippen molar-refractivity contribution in [1.29, 1.82) is 0 Å². The maximum atomic E-state index is 13.4. The van der Waals surface area contributed by atoms with Crippen molar-refractivity contribution in [1.82, 2.24) is 83.1 Å². The minimum absolute atomic E-state index is 0.0237. The number of amides is 12. The predicted molar refractivity (Wildman–Crippen MR) is 341 cm³/mol. The molecular weight excluding hydrogens is 1240 g/mol. The predicted octanol–water partition coefficient (Wildman–Crippen LogP) is 1.04. The van der Waals surface area contributed by atoms with Crippen LogP contribution in [0.5, 0.6) is 0 Å². The summed E-state index contributed by atoms with van der Waals surface area (Å²) < 4.78 is 11.6. The number of aryl methyl sites for hydroxylation is 8. The van der Waals surface area contributed by atoms with Crippen LogP contribution >= 0.6 is 0 Å². The highest BCUT2D eigenvalue weighted by atomic mass is 16.4. The van der Waals surface area contributed by atoms with E-state index in [1.165, 1.54) is 110 Å². The molecule has 0 radical (unpaired) electrons. The SMILES string of the molecule is CCCNC(=O)c1cc(NC(=O)c2nc(NC(=O)CCNC(=O)c3cc(NC(=O)c4nc(NC(=O)[C@@H](CCNC(=O)c5cc(NC(=O)c6nc(NC(=O)CCNC(=O)c7cc(NC(=O)c8nccn8C)cn7C)cn6C)cn5C)NC(=O)O)cn4C)cn3C)cn2C)cn1C. The van der Waals surface area contributed by atoms with E-state index in [2.05, 4.69) is 83.7 Å². The highest BCUT2D eigenvalue weighted by Crippen LogP contribution is 2.20. The van der Waals surface area contributed by atoms with Gasteiger partial charge in [0.1, 0.15) is 28.8 Å². The molecule has 0 aliphatic heterocycles. The van der Waals surface area contributed by atoms with E-state index in [0.29, 0.717) is 23.6 Å². The molecule has 95 heavy (non-hydrogen) atoms. The van der Waals surface area contributed by atoms with Crippen LogP contribution in [-0.2, 0) is 70.8 Å². The zero-order chi connectivity index (χ0) is 68.9. The van der Waals surface area contributed by atoms with E-state index in [9.17, 15) is 62.6 Å². The van der Waals surface area contributed by atoms with Crippen LogP contribution in [0.2, 0.25) is 0 Å². The molecule has 0 bridgehead atoms.